The fourth-order valence-electron chi connectivity index (χ4n) is 2.74. The molecule has 1 saturated heterocycles. The fraction of sp³-hybridized carbons (Fsp3) is 0.375. The zero-order valence-corrected chi connectivity index (χ0v) is 13.5. The van der Waals surface area contributed by atoms with Gasteiger partial charge in [-0.3, -0.25) is 4.79 Å². The molecule has 1 atom stereocenters. The summed E-state index contributed by atoms with van der Waals surface area (Å²) in [6.07, 6.45) is 3.93. The summed E-state index contributed by atoms with van der Waals surface area (Å²) in [4.78, 5) is 27.3. The first kappa shape index (κ1) is 15.8. The fourth-order valence-corrected chi connectivity index (χ4v) is 2.94. The van der Waals surface area contributed by atoms with Gasteiger partial charge in [0.1, 0.15) is 17.6 Å². The number of imide groups is 1. The van der Waals surface area contributed by atoms with Crippen molar-refractivity contribution < 1.29 is 18.7 Å². The maximum absolute atomic E-state index is 14.3. The van der Waals surface area contributed by atoms with Gasteiger partial charge in [0.05, 0.1) is 16.8 Å². The second-order valence-corrected chi connectivity index (χ2v) is 6.14. The maximum Gasteiger partial charge on any atom is 0.332 e. The topological polar surface area (TPSA) is 49.9 Å². The van der Waals surface area contributed by atoms with Crippen LogP contribution in [-0.2, 0) is 4.79 Å². The van der Waals surface area contributed by atoms with Crippen LogP contribution in [0.3, 0.4) is 0 Å². The van der Waals surface area contributed by atoms with Gasteiger partial charge >= 0.3 is 6.03 Å². The third-order valence-electron chi connectivity index (χ3n) is 3.75. The first-order valence-electron chi connectivity index (χ1n) is 7.35. The first-order chi connectivity index (χ1) is 10.9. The molecule has 7 heteroatoms. The van der Waals surface area contributed by atoms with Crippen molar-refractivity contribution in [3.63, 3.8) is 0 Å². The molecule has 0 radical (unpaired) electrons. The molecule has 0 N–H and O–H groups in total. The summed E-state index contributed by atoms with van der Waals surface area (Å²) in [5, 5.41) is 0.0958. The number of amides is 3. The zero-order valence-electron chi connectivity index (χ0n) is 12.8. The number of anilines is 1. The van der Waals surface area contributed by atoms with Crippen LogP contribution >= 0.6 is 11.6 Å². The van der Waals surface area contributed by atoms with E-state index in [9.17, 15) is 14.0 Å². The highest BCUT2D eigenvalue weighted by atomic mass is 35.5. The highest BCUT2D eigenvalue weighted by Gasteiger charge is 2.46. The van der Waals surface area contributed by atoms with Gasteiger partial charge in [-0.25, -0.2) is 14.1 Å². The van der Waals surface area contributed by atoms with Crippen LogP contribution in [0.25, 0.3) is 0 Å². The van der Waals surface area contributed by atoms with Gasteiger partial charge in [-0.05, 0) is 26.3 Å². The molecular weight excluding hydrogens is 323 g/mol. The van der Waals surface area contributed by atoms with Gasteiger partial charge < -0.3 is 9.64 Å². The predicted octanol–water partition coefficient (Wildman–Crippen LogP) is 3.36. The van der Waals surface area contributed by atoms with Crippen molar-refractivity contribution in [3.05, 3.63) is 35.1 Å². The van der Waals surface area contributed by atoms with Crippen LogP contribution in [0.5, 0.6) is 5.75 Å². The van der Waals surface area contributed by atoms with Gasteiger partial charge in [0.25, 0.3) is 5.91 Å². The lowest BCUT2D eigenvalue weighted by atomic mass is 10.1. The van der Waals surface area contributed by atoms with Crippen molar-refractivity contribution in [2.24, 2.45) is 0 Å². The number of nitrogens with zero attached hydrogens (tertiary/aromatic N) is 2. The average molecular weight is 339 g/mol. The molecule has 0 saturated carbocycles. The number of carbonyl (C=O) groups excluding carboxylic acids is 2. The zero-order chi connectivity index (χ0) is 16.7. The molecule has 0 aromatic heterocycles. The first-order valence-corrected chi connectivity index (χ1v) is 7.73. The number of urea groups is 1. The van der Waals surface area contributed by atoms with Crippen LogP contribution in [0.2, 0.25) is 5.02 Å². The molecule has 122 valence electrons. The van der Waals surface area contributed by atoms with Crippen molar-refractivity contribution in [2.45, 2.75) is 32.4 Å². The minimum Gasteiger partial charge on any atom is -0.489 e. The van der Waals surface area contributed by atoms with E-state index in [1.807, 2.05) is 12.2 Å². The Balaban J connectivity index is 2.01. The van der Waals surface area contributed by atoms with Crippen LogP contribution in [0.4, 0.5) is 14.9 Å². The number of hydrogen-bond donors (Lipinski definition) is 0. The molecule has 0 aliphatic carbocycles. The lowest BCUT2D eigenvalue weighted by molar-refractivity contribution is -0.119. The predicted molar refractivity (Wildman–Crippen MR) is 84.3 cm³/mol. The minimum absolute atomic E-state index is 0.0958. The number of benzene rings is 1. The number of ether oxygens (including phenoxy) is 1. The monoisotopic (exact) mass is 338 g/mol. The average Bonchev–Trinajstić information content (AvgIpc) is 2.74. The van der Waals surface area contributed by atoms with E-state index in [0.717, 1.165) is 11.0 Å². The third-order valence-corrected chi connectivity index (χ3v) is 4.05. The molecule has 0 spiro atoms. The molecule has 1 fully saturated rings. The van der Waals surface area contributed by atoms with Crippen LogP contribution in [0, 0.1) is 5.82 Å². The molecule has 1 aromatic rings. The van der Waals surface area contributed by atoms with Crippen LogP contribution < -0.4 is 9.64 Å². The van der Waals surface area contributed by atoms with E-state index in [2.05, 4.69) is 0 Å². The van der Waals surface area contributed by atoms with Gasteiger partial charge in [0.15, 0.2) is 0 Å². The molecule has 2 aliphatic heterocycles. The summed E-state index contributed by atoms with van der Waals surface area (Å²) in [5.41, 5.74) is -0.130. The van der Waals surface area contributed by atoms with Crippen molar-refractivity contribution in [1.29, 1.82) is 0 Å². The molecule has 2 aliphatic rings. The molecule has 2 heterocycles. The Morgan fingerprint density at radius 3 is 2.70 bits per heavy atom. The largest absolute Gasteiger partial charge is 0.489 e. The van der Waals surface area contributed by atoms with Gasteiger partial charge in [-0.2, -0.15) is 0 Å². The lowest BCUT2D eigenvalue weighted by Gasteiger charge is -2.22. The standard InChI is InChI=1S/C16H16ClFN2O3/c1-9(2)23-14-8-13(11(18)7-10(14)17)20-15(21)12-5-3-4-6-19(12)16(20)22/h3-4,7-9,12H,5-6H2,1-2H3. The second-order valence-electron chi connectivity index (χ2n) is 5.73. The second kappa shape index (κ2) is 5.85. The van der Waals surface area contributed by atoms with Crippen molar-refractivity contribution in [1.82, 2.24) is 4.90 Å². The Labute approximate surface area is 138 Å². The van der Waals surface area contributed by atoms with E-state index < -0.39 is 23.8 Å². The molecule has 1 unspecified atom stereocenters. The molecule has 3 rings (SSSR count). The molecule has 1 aromatic carbocycles. The summed E-state index contributed by atoms with van der Waals surface area (Å²) < 4.78 is 19.8. The summed E-state index contributed by atoms with van der Waals surface area (Å²) >= 11 is 5.97. The Kier molecular flexibility index (Phi) is 4.02. The molecule has 0 bridgehead atoms. The van der Waals surface area contributed by atoms with Gasteiger partial charge in [-0.1, -0.05) is 23.8 Å². The summed E-state index contributed by atoms with van der Waals surface area (Å²) in [6, 6.07) is 1.27. The van der Waals surface area contributed by atoms with E-state index >= 15 is 0 Å². The number of fused-ring (bicyclic) bond motifs is 1. The van der Waals surface area contributed by atoms with Crippen molar-refractivity contribution >= 4 is 29.2 Å². The maximum atomic E-state index is 14.3. The van der Waals surface area contributed by atoms with Crippen molar-refractivity contribution in [3.8, 4) is 5.75 Å². The smallest absolute Gasteiger partial charge is 0.332 e. The quantitative estimate of drug-likeness (QED) is 0.627. The van der Waals surface area contributed by atoms with Gasteiger partial charge in [-0.15, -0.1) is 0 Å². The van der Waals surface area contributed by atoms with E-state index in [-0.39, 0.29) is 22.6 Å². The Bertz CT molecular complexity index is 679. The number of halogens is 2. The molecule has 5 nitrogen and oxygen atoms in total. The van der Waals surface area contributed by atoms with E-state index in [1.165, 1.54) is 11.0 Å². The number of rotatable bonds is 3. The normalized spacial score (nSPS) is 20.5. The third kappa shape index (κ3) is 2.67. The van der Waals surface area contributed by atoms with Crippen LogP contribution in [-0.4, -0.2) is 35.5 Å². The SMILES string of the molecule is CC(C)Oc1cc(N2C(=O)C3CC=CCN3C2=O)c(F)cc1Cl. The Morgan fingerprint density at radius 2 is 2.04 bits per heavy atom. The molecule has 23 heavy (non-hydrogen) atoms. The van der Waals surface area contributed by atoms with Crippen LogP contribution in [0.15, 0.2) is 24.3 Å². The lowest BCUT2D eigenvalue weighted by Crippen LogP contribution is -2.37. The molecular formula is C16H16ClFN2O3. The molecule has 3 amide bonds. The van der Waals surface area contributed by atoms with E-state index in [1.54, 1.807) is 13.8 Å². The van der Waals surface area contributed by atoms with E-state index in [0.29, 0.717) is 13.0 Å². The number of carbonyl (C=O) groups is 2. The summed E-state index contributed by atoms with van der Waals surface area (Å²) in [7, 11) is 0. The number of hydrogen-bond acceptors (Lipinski definition) is 3. The van der Waals surface area contributed by atoms with E-state index in [4.69, 9.17) is 16.3 Å². The Morgan fingerprint density at radius 1 is 1.30 bits per heavy atom. The summed E-state index contributed by atoms with van der Waals surface area (Å²) in [5.74, 6) is -0.932. The minimum atomic E-state index is -0.736. The van der Waals surface area contributed by atoms with Gasteiger partial charge in [0, 0.05) is 12.6 Å². The highest BCUT2D eigenvalue weighted by Crippen LogP contribution is 2.36. The van der Waals surface area contributed by atoms with Crippen LogP contribution in [0.1, 0.15) is 20.3 Å². The van der Waals surface area contributed by atoms with Gasteiger partial charge in [0.2, 0.25) is 0 Å². The van der Waals surface area contributed by atoms with Crippen molar-refractivity contribution in [2.75, 3.05) is 11.4 Å². The summed E-state index contributed by atoms with van der Waals surface area (Å²) in [6.45, 7) is 3.95. The highest BCUT2D eigenvalue weighted by molar-refractivity contribution is 6.32. The Hall–Kier alpha value is -2.08.